The standard InChI is InChI=1S/C22H32N2O/c25-22(16-18-10-11-19-7-1-2-8-20(19)15-18)24-14-4-3-9-21(24)17-23-12-5-6-13-23/h10-11,15,21H,1-9,12-14,16-17H2/t21-/m0/s1. The van der Waals surface area contributed by atoms with Crippen molar-refractivity contribution in [1.29, 1.82) is 0 Å². The van der Waals surface area contributed by atoms with E-state index in [4.69, 9.17) is 0 Å². The van der Waals surface area contributed by atoms with E-state index in [-0.39, 0.29) is 0 Å². The van der Waals surface area contributed by atoms with Gasteiger partial charge < -0.3 is 9.80 Å². The number of benzene rings is 1. The molecule has 136 valence electrons. The molecule has 0 aromatic heterocycles. The molecule has 0 radical (unpaired) electrons. The smallest absolute Gasteiger partial charge is 0.227 e. The molecule has 1 aromatic rings. The molecule has 0 N–H and O–H groups in total. The lowest BCUT2D eigenvalue weighted by Crippen LogP contribution is -2.49. The normalized spacial score (nSPS) is 24.3. The van der Waals surface area contributed by atoms with Crippen molar-refractivity contribution >= 4 is 5.91 Å². The second-order valence-corrected chi connectivity index (χ2v) is 8.23. The van der Waals surface area contributed by atoms with Gasteiger partial charge in [-0.05, 0) is 87.6 Å². The molecule has 3 heteroatoms. The number of nitrogens with zero attached hydrogens (tertiary/aromatic N) is 2. The molecule has 25 heavy (non-hydrogen) atoms. The maximum Gasteiger partial charge on any atom is 0.227 e. The molecule has 0 saturated carbocycles. The molecule has 3 aliphatic rings. The van der Waals surface area contributed by atoms with Gasteiger partial charge in [0.05, 0.1) is 6.42 Å². The molecule has 2 saturated heterocycles. The lowest BCUT2D eigenvalue weighted by Gasteiger charge is -2.38. The van der Waals surface area contributed by atoms with Crippen LogP contribution in [0, 0.1) is 0 Å². The lowest BCUT2D eigenvalue weighted by molar-refractivity contribution is -0.134. The van der Waals surface area contributed by atoms with Crippen molar-refractivity contribution < 1.29 is 4.79 Å². The zero-order valence-electron chi connectivity index (χ0n) is 15.5. The summed E-state index contributed by atoms with van der Waals surface area (Å²) in [6.45, 7) is 4.50. The molecule has 0 bridgehead atoms. The van der Waals surface area contributed by atoms with Crippen LogP contribution in [0.25, 0.3) is 0 Å². The van der Waals surface area contributed by atoms with Gasteiger partial charge in [-0.15, -0.1) is 0 Å². The van der Waals surface area contributed by atoms with Gasteiger partial charge in [0.25, 0.3) is 0 Å². The third-order valence-corrected chi connectivity index (χ3v) is 6.38. The number of fused-ring (bicyclic) bond motifs is 1. The third-order valence-electron chi connectivity index (χ3n) is 6.38. The Labute approximate surface area is 152 Å². The molecule has 3 nitrogen and oxygen atoms in total. The van der Waals surface area contributed by atoms with Crippen molar-refractivity contribution in [1.82, 2.24) is 9.80 Å². The first-order valence-corrected chi connectivity index (χ1v) is 10.4. The summed E-state index contributed by atoms with van der Waals surface area (Å²) in [6.07, 6.45) is 11.9. The predicted molar refractivity (Wildman–Crippen MR) is 102 cm³/mol. The van der Waals surface area contributed by atoms with Crippen LogP contribution in [0.1, 0.15) is 61.6 Å². The van der Waals surface area contributed by atoms with E-state index >= 15 is 0 Å². The molecule has 2 fully saturated rings. The van der Waals surface area contributed by atoms with Crippen LogP contribution in [0.15, 0.2) is 18.2 Å². The summed E-state index contributed by atoms with van der Waals surface area (Å²) in [5.74, 6) is 0.347. The molecule has 2 aliphatic heterocycles. The summed E-state index contributed by atoms with van der Waals surface area (Å²) >= 11 is 0. The zero-order chi connectivity index (χ0) is 17.1. The molecule has 1 aromatic carbocycles. The summed E-state index contributed by atoms with van der Waals surface area (Å²) in [5.41, 5.74) is 4.22. The zero-order valence-corrected chi connectivity index (χ0v) is 15.5. The Morgan fingerprint density at radius 1 is 0.920 bits per heavy atom. The molecule has 0 unspecified atom stereocenters. The molecule has 0 spiro atoms. The van der Waals surface area contributed by atoms with Crippen LogP contribution in [0.4, 0.5) is 0 Å². The molecule has 4 rings (SSSR count). The van der Waals surface area contributed by atoms with Crippen molar-refractivity contribution in [2.24, 2.45) is 0 Å². The number of aryl methyl sites for hydroxylation is 2. The van der Waals surface area contributed by atoms with Crippen LogP contribution in [-0.2, 0) is 24.1 Å². The summed E-state index contributed by atoms with van der Waals surface area (Å²) in [7, 11) is 0. The Morgan fingerprint density at radius 2 is 1.68 bits per heavy atom. The fourth-order valence-corrected chi connectivity index (χ4v) is 4.95. The highest BCUT2D eigenvalue weighted by Gasteiger charge is 2.29. The van der Waals surface area contributed by atoms with Gasteiger partial charge >= 0.3 is 0 Å². The molecular formula is C22H32N2O. The van der Waals surface area contributed by atoms with Gasteiger partial charge in [-0.3, -0.25) is 4.79 Å². The van der Waals surface area contributed by atoms with Gasteiger partial charge in [0.1, 0.15) is 0 Å². The average Bonchev–Trinajstić information content (AvgIpc) is 3.15. The van der Waals surface area contributed by atoms with Crippen molar-refractivity contribution in [3.63, 3.8) is 0 Å². The first kappa shape index (κ1) is 17.1. The molecular weight excluding hydrogens is 308 g/mol. The Balaban J connectivity index is 1.41. The van der Waals surface area contributed by atoms with Crippen molar-refractivity contribution in [2.75, 3.05) is 26.2 Å². The van der Waals surface area contributed by atoms with E-state index in [2.05, 4.69) is 28.0 Å². The quantitative estimate of drug-likeness (QED) is 0.836. The van der Waals surface area contributed by atoms with Crippen LogP contribution < -0.4 is 0 Å². The van der Waals surface area contributed by atoms with Gasteiger partial charge in [0.2, 0.25) is 5.91 Å². The predicted octanol–water partition coefficient (Wildman–Crippen LogP) is 3.58. The summed E-state index contributed by atoms with van der Waals surface area (Å²) < 4.78 is 0. The van der Waals surface area contributed by atoms with Crippen LogP contribution in [0.2, 0.25) is 0 Å². The van der Waals surface area contributed by atoms with E-state index in [9.17, 15) is 4.79 Å². The Bertz CT molecular complexity index is 606. The highest BCUT2D eigenvalue weighted by molar-refractivity contribution is 5.79. The number of carbonyl (C=O) groups is 1. The third kappa shape index (κ3) is 4.08. The number of hydrogen-bond donors (Lipinski definition) is 0. The van der Waals surface area contributed by atoms with Crippen LogP contribution in [0.5, 0.6) is 0 Å². The number of likely N-dealkylation sites (tertiary alicyclic amines) is 2. The number of amides is 1. The van der Waals surface area contributed by atoms with Gasteiger partial charge in [0, 0.05) is 19.1 Å². The monoisotopic (exact) mass is 340 g/mol. The maximum atomic E-state index is 13.0. The molecule has 2 heterocycles. The summed E-state index contributed by atoms with van der Waals surface area (Å²) in [5, 5.41) is 0. The summed E-state index contributed by atoms with van der Waals surface area (Å²) in [6, 6.07) is 7.22. The number of hydrogen-bond acceptors (Lipinski definition) is 2. The topological polar surface area (TPSA) is 23.6 Å². The van der Waals surface area contributed by atoms with E-state index in [0.717, 1.165) is 13.1 Å². The fraction of sp³-hybridized carbons (Fsp3) is 0.682. The van der Waals surface area contributed by atoms with Crippen LogP contribution in [-0.4, -0.2) is 47.9 Å². The van der Waals surface area contributed by atoms with E-state index in [0.29, 0.717) is 18.4 Å². The van der Waals surface area contributed by atoms with Crippen molar-refractivity contribution in [3.8, 4) is 0 Å². The number of piperidine rings is 1. The highest BCUT2D eigenvalue weighted by atomic mass is 16.2. The number of rotatable bonds is 4. The second kappa shape index (κ2) is 7.90. The highest BCUT2D eigenvalue weighted by Crippen LogP contribution is 2.24. The van der Waals surface area contributed by atoms with Crippen molar-refractivity contribution in [3.05, 3.63) is 34.9 Å². The molecule has 1 aliphatic carbocycles. The minimum atomic E-state index is 0.347. The Hall–Kier alpha value is -1.35. The summed E-state index contributed by atoms with van der Waals surface area (Å²) in [4.78, 5) is 17.8. The molecule has 1 amide bonds. The average molecular weight is 341 g/mol. The van der Waals surface area contributed by atoms with Gasteiger partial charge in [0.15, 0.2) is 0 Å². The second-order valence-electron chi connectivity index (χ2n) is 8.23. The van der Waals surface area contributed by atoms with E-state index in [1.807, 2.05) is 0 Å². The Morgan fingerprint density at radius 3 is 2.52 bits per heavy atom. The van der Waals surface area contributed by atoms with E-state index in [1.165, 1.54) is 87.6 Å². The first-order valence-electron chi connectivity index (χ1n) is 10.4. The lowest BCUT2D eigenvalue weighted by atomic mass is 9.90. The SMILES string of the molecule is O=C(Cc1ccc2c(c1)CCCC2)N1CCCC[C@H]1CN1CCCC1. The van der Waals surface area contributed by atoms with Gasteiger partial charge in [-0.25, -0.2) is 0 Å². The first-order chi connectivity index (χ1) is 12.3. The van der Waals surface area contributed by atoms with E-state index < -0.39 is 0 Å². The van der Waals surface area contributed by atoms with Gasteiger partial charge in [-0.2, -0.15) is 0 Å². The number of carbonyl (C=O) groups excluding carboxylic acids is 1. The minimum Gasteiger partial charge on any atom is -0.338 e. The fourth-order valence-electron chi connectivity index (χ4n) is 4.95. The minimum absolute atomic E-state index is 0.347. The van der Waals surface area contributed by atoms with E-state index in [1.54, 1.807) is 0 Å². The Kier molecular flexibility index (Phi) is 5.40. The van der Waals surface area contributed by atoms with Crippen LogP contribution in [0.3, 0.4) is 0 Å². The largest absolute Gasteiger partial charge is 0.338 e. The van der Waals surface area contributed by atoms with Gasteiger partial charge in [-0.1, -0.05) is 18.2 Å². The maximum absolute atomic E-state index is 13.0. The van der Waals surface area contributed by atoms with Crippen molar-refractivity contribution in [2.45, 2.75) is 70.3 Å². The molecule has 1 atom stereocenters. The van der Waals surface area contributed by atoms with Crippen LogP contribution >= 0.6 is 0 Å².